The van der Waals surface area contributed by atoms with Crippen molar-refractivity contribution < 1.29 is 0 Å². The summed E-state index contributed by atoms with van der Waals surface area (Å²) in [6.45, 7) is 8.57. The van der Waals surface area contributed by atoms with Crippen molar-refractivity contribution >= 4 is 10.9 Å². The highest BCUT2D eigenvalue weighted by Gasteiger charge is 2.12. The molecule has 0 fully saturated rings. The third kappa shape index (κ3) is 1.74. The summed E-state index contributed by atoms with van der Waals surface area (Å²) in [6, 6.07) is 7.13. The van der Waals surface area contributed by atoms with E-state index >= 15 is 0 Å². The maximum absolute atomic E-state index is 6.02. The summed E-state index contributed by atoms with van der Waals surface area (Å²) in [5.74, 6) is 0. The second-order valence-corrected chi connectivity index (χ2v) is 4.89. The Morgan fingerprint density at radius 2 is 1.88 bits per heavy atom. The summed E-state index contributed by atoms with van der Waals surface area (Å²) in [5.41, 5.74) is 9.85. The van der Waals surface area contributed by atoms with Crippen LogP contribution in [0, 0.1) is 6.92 Å². The van der Waals surface area contributed by atoms with Gasteiger partial charge in [-0.15, -0.1) is 0 Å². The highest BCUT2D eigenvalue weighted by Crippen LogP contribution is 2.28. The van der Waals surface area contributed by atoms with Gasteiger partial charge in [0.05, 0.1) is 0 Å². The van der Waals surface area contributed by atoms with Gasteiger partial charge in [-0.3, -0.25) is 0 Å². The third-order valence-corrected chi connectivity index (χ3v) is 3.07. The van der Waals surface area contributed by atoms with Crippen LogP contribution in [0.15, 0.2) is 24.4 Å². The van der Waals surface area contributed by atoms with Gasteiger partial charge < -0.3 is 10.3 Å². The summed E-state index contributed by atoms with van der Waals surface area (Å²) in [7, 11) is 0. The van der Waals surface area contributed by atoms with Crippen molar-refractivity contribution in [1.29, 1.82) is 0 Å². The summed E-state index contributed by atoms with van der Waals surface area (Å²) < 4.78 is 2.31. The fraction of sp³-hybridized carbons (Fsp3) is 0.429. The number of hydrogen-bond acceptors (Lipinski definition) is 1. The molecule has 2 aromatic rings. The Labute approximate surface area is 97.1 Å². The molecule has 0 amide bonds. The summed E-state index contributed by atoms with van der Waals surface area (Å²) in [4.78, 5) is 0. The first-order valence-electron chi connectivity index (χ1n) is 5.87. The minimum Gasteiger partial charge on any atom is -0.345 e. The molecular weight excluding hydrogens is 196 g/mol. The molecule has 0 aliphatic heterocycles. The van der Waals surface area contributed by atoms with E-state index < -0.39 is 0 Å². The predicted molar refractivity (Wildman–Crippen MR) is 69.7 cm³/mol. The van der Waals surface area contributed by atoms with Crippen LogP contribution >= 0.6 is 0 Å². The van der Waals surface area contributed by atoms with Crippen LogP contribution in [-0.2, 0) is 0 Å². The Balaban J connectivity index is 2.76. The lowest BCUT2D eigenvalue weighted by atomic mass is 10.1. The molecule has 2 rings (SSSR count). The Kier molecular flexibility index (Phi) is 2.76. The van der Waals surface area contributed by atoms with Crippen molar-refractivity contribution in [3.8, 4) is 0 Å². The zero-order valence-electron chi connectivity index (χ0n) is 10.5. The summed E-state index contributed by atoms with van der Waals surface area (Å²) in [6.07, 6.45) is 2.19. The lowest BCUT2D eigenvalue weighted by Gasteiger charge is -2.09. The van der Waals surface area contributed by atoms with Gasteiger partial charge in [0.25, 0.3) is 0 Å². The van der Waals surface area contributed by atoms with Crippen LogP contribution in [0.2, 0.25) is 0 Å². The number of benzene rings is 1. The van der Waals surface area contributed by atoms with Crippen LogP contribution in [0.5, 0.6) is 0 Å². The number of aryl methyl sites for hydroxylation is 1. The second-order valence-electron chi connectivity index (χ2n) is 4.89. The van der Waals surface area contributed by atoms with Gasteiger partial charge >= 0.3 is 0 Å². The molecule has 0 saturated heterocycles. The monoisotopic (exact) mass is 216 g/mol. The quantitative estimate of drug-likeness (QED) is 0.817. The smallest absolute Gasteiger partial charge is 0.0488 e. The van der Waals surface area contributed by atoms with Gasteiger partial charge in [0.15, 0.2) is 0 Å². The Hall–Kier alpha value is -1.28. The topological polar surface area (TPSA) is 30.9 Å². The molecule has 86 valence electrons. The zero-order valence-corrected chi connectivity index (χ0v) is 10.5. The van der Waals surface area contributed by atoms with E-state index in [-0.39, 0.29) is 6.04 Å². The van der Waals surface area contributed by atoms with E-state index in [1.165, 1.54) is 22.0 Å². The van der Waals surface area contributed by atoms with E-state index in [2.05, 4.69) is 49.7 Å². The summed E-state index contributed by atoms with van der Waals surface area (Å²) >= 11 is 0. The van der Waals surface area contributed by atoms with Crippen molar-refractivity contribution in [2.45, 2.75) is 39.8 Å². The largest absolute Gasteiger partial charge is 0.345 e. The Bertz CT molecular complexity index is 507. The summed E-state index contributed by atoms with van der Waals surface area (Å²) in [5, 5.41) is 1.29. The zero-order chi connectivity index (χ0) is 11.9. The lowest BCUT2D eigenvalue weighted by Crippen LogP contribution is -2.04. The molecule has 0 aliphatic rings. The number of fused-ring (bicyclic) bond motifs is 1. The first-order valence-corrected chi connectivity index (χ1v) is 5.87. The van der Waals surface area contributed by atoms with Gasteiger partial charge in [-0.05, 0) is 44.9 Å². The molecule has 1 unspecified atom stereocenters. The molecule has 1 aromatic heterocycles. The van der Waals surface area contributed by atoms with Crippen molar-refractivity contribution in [2.24, 2.45) is 5.73 Å². The molecule has 2 N–H and O–H groups in total. The molecule has 0 saturated carbocycles. The molecule has 0 spiro atoms. The van der Waals surface area contributed by atoms with Crippen LogP contribution < -0.4 is 5.73 Å². The normalized spacial score (nSPS) is 13.6. The molecule has 1 aromatic carbocycles. The number of nitrogens with zero attached hydrogens (tertiary/aromatic N) is 1. The number of hydrogen-bond donors (Lipinski definition) is 1. The van der Waals surface area contributed by atoms with E-state index in [9.17, 15) is 0 Å². The highest BCUT2D eigenvalue weighted by molar-refractivity contribution is 5.85. The minimum atomic E-state index is 0.0882. The van der Waals surface area contributed by atoms with Gasteiger partial charge in [0.1, 0.15) is 0 Å². The van der Waals surface area contributed by atoms with E-state index in [1.54, 1.807) is 0 Å². The average molecular weight is 216 g/mol. The van der Waals surface area contributed by atoms with E-state index in [1.807, 2.05) is 6.92 Å². The van der Waals surface area contributed by atoms with Crippen LogP contribution in [0.3, 0.4) is 0 Å². The number of aromatic nitrogens is 1. The molecule has 1 heterocycles. The van der Waals surface area contributed by atoms with Gasteiger partial charge in [-0.2, -0.15) is 0 Å². The molecule has 0 bridgehead atoms. The van der Waals surface area contributed by atoms with Crippen molar-refractivity contribution in [1.82, 2.24) is 4.57 Å². The minimum absolute atomic E-state index is 0.0882. The first kappa shape index (κ1) is 11.2. The molecule has 2 nitrogen and oxygen atoms in total. The Morgan fingerprint density at radius 1 is 1.19 bits per heavy atom. The molecule has 0 radical (unpaired) electrons. The lowest BCUT2D eigenvalue weighted by molar-refractivity contribution is 0.618. The average Bonchev–Trinajstić information content (AvgIpc) is 2.56. The van der Waals surface area contributed by atoms with Crippen molar-refractivity contribution in [3.05, 3.63) is 35.5 Å². The first-order chi connectivity index (χ1) is 7.50. The highest BCUT2D eigenvalue weighted by atomic mass is 15.0. The third-order valence-electron chi connectivity index (χ3n) is 3.07. The molecule has 0 aliphatic carbocycles. The van der Waals surface area contributed by atoms with Gasteiger partial charge in [0.2, 0.25) is 0 Å². The van der Waals surface area contributed by atoms with E-state index in [0.717, 1.165) is 0 Å². The fourth-order valence-electron chi connectivity index (χ4n) is 2.18. The van der Waals surface area contributed by atoms with Crippen molar-refractivity contribution in [3.63, 3.8) is 0 Å². The van der Waals surface area contributed by atoms with Crippen LogP contribution in [0.25, 0.3) is 10.9 Å². The number of nitrogens with two attached hydrogens (primary N) is 1. The van der Waals surface area contributed by atoms with Gasteiger partial charge in [0, 0.05) is 29.2 Å². The van der Waals surface area contributed by atoms with Crippen LogP contribution in [-0.4, -0.2) is 4.57 Å². The van der Waals surface area contributed by atoms with Crippen LogP contribution in [0.4, 0.5) is 0 Å². The predicted octanol–water partition coefficient (Wildman–Crippen LogP) is 3.55. The molecule has 1 atom stereocenters. The van der Waals surface area contributed by atoms with Crippen molar-refractivity contribution in [2.75, 3.05) is 0 Å². The fourth-order valence-corrected chi connectivity index (χ4v) is 2.18. The second kappa shape index (κ2) is 3.95. The maximum Gasteiger partial charge on any atom is 0.0488 e. The molecular formula is C14H20N2. The SMILES string of the molecule is Cc1ccc2c(C(C)N)cn(C(C)C)c2c1. The van der Waals surface area contributed by atoms with E-state index in [0.29, 0.717) is 6.04 Å². The van der Waals surface area contributed by atoms with Crippen LogP contribution in [0.1, 0.15) is 44.0 Å². The molecule has 2 heteroatoms. The number of rotatable bonds is 2. The standard InChI is InChI=1S/C14H20N2/c1-9(2)16-8-13(11(4)15)12-6-5-10(3)7-14(12)16/h5-9,11H,15H2,1-4H3. The van der Waals surface area contributed by atoms with Gasteiger partial charge in [-0.25, -0.2) is 0 Å². The van der Waals surface area contributed by atoms with Gasteiger partial charge in [-0.1, -0.05) is 12.1 Å². The maximum atomic E-state index is 6.02. The van der Waals surface area contributed by atoms with E-state index in [4.69, 9.17) is 5.73 Å². The Morgan fingerprint density at radius 3 is 2.44 bits per heavy atom. The molecule has 16 heavy (non-hydrogen) atoms.